The largest absolute Gasteiger partial charge is 0.480 e. The van der Waals surface area contributed by atoms with Gasteiger partial charge in [-0.25, -0.2) is 4.79 Å². The van der Waals surface area contributed by atoms with E-state index in [0.717, 1.165) is 16.5 Å². The van der Waals surface area contributed by atoms with Crippen molar-refractivity contribution < 1.29 is 33.9 Å². The Hall–Kier alpha value is -5.23. The predicted octanol–water partition coefficient (Wildman–Crippen LogP) is 0.327. The van der Waals surface area contributed by atoms with Gasteiger partial charge in [0, 0.05) is 36.6 Å². The van der Waals surface area contributed by atoms with Gasteiger partial charge in [0.15, 0.2) is 5.96 Å². The van der Waals surface area contributed by atoms with Crippen LogP contribution in [0.4, 0.5) is 0 Å². The van der Waals surface area contributed by atoms with Gasteiger partial charge in [0.05, 0.1) is 6.04 Å². The summed E-state index contributed by atoms with van der Waals surface area (Å²) >= 11 is 0. The van der Waals surface area contributed by atoms with E-state index in [-0.39, 0.29) is 44.2 Å². The van der Waals surface area contributed by atoms with E-state index in [1.165, 1.54) is 4.90 Å². The van der Waals surface area contributed by atoms with Gasteiger partial charge in [-0.1, -0.05) is 53.2 Å². The lowest BCUT2D eigenvalue weighted by Gasteiger charge is -2.33. The number of carboxylic acids is 1. The highest BCUT2D eigenvalue weighted by molar-refractivity contribution is 5.97. The lowest BCUT2D eigenvalue weighted by atomic mass is 9.85. The van der Waals surface area contributed by atoms with Crippen LogP contribution in [0.25, 0.3) is 10.9 Å². The zero-order chi connectivity index (χ0) is 43.2. The first kappa shape index (κ1) is 47.1. The minimum Gasteiger partial charge on any atom is -0.480 e. The molecule has 2 aromatic rings. The number of nitrogens with two attached hydrogens (primary N) is 4. The zero-order valence-corrected chi connectivity index (χ0v) is 34.5. The molecule has 6 atom stereocenters. The Morgan fingerprint density at radius 1 is 0.914 bits per heavy atom. The van der Waals surface area contributed by atoms with E-state index < -0.39 is 77.2 Å². The van der Waals surface area contributed by atoms with Gasteiger partial charge < -0.3 is 59.2 Å². The third kappa shape index (κ3) is 14.0. The summed E-state index contributed by atoms with van der Waals surface area (Å²) in [5.41, 5.74) is 23.4. The Morgan fingerprint density at radius 2 is 1.62 bits per heavy atom. The number of aromatic amines is 1. The lowest BCUT2D eigenvalue weighted by Crippen LogP contribution is -2.61. The van der Waals surface area contributed by atoms with Crippen LogP contribution in [0.3, 0.4) is 0 Å². The molecule has 18 heteroatoms. The molecule has 0 bridgehead atoms. The number of aromatic nitrogens is 1. The lowest BCUT2D eigenvalue weighted by molar-refractivity contribution is -0.143. The number of guanidine groups is 1. The second-order valence-electron chi connectivity index (χ2n) is 16.5. The molecule has 1 fully saturated rings. The van der Waals surface area contributed by atoms with Crippen molar-refractivity contribution in [1.82, 2.24) is 31.2 Å². The number of H-pyrrole nitrogens is 1. The van der Waals surface area contributed by atoms with Gasteiger partial charge in [-0.3, -0.25) is 29.0 Å². The summed E-state index contributed by atoms with van der Waals surface area (Å²) in [5, 5.41) is 21.7. The Kier molecular flexibility index (Phi) is 17.9. The van der Waals surface area contributed by atoms with Crippen LogP contribution in [0.5, 0.6) is 0 Å². The number of unbranched alkanes of at least 4 members (excludes halogenated alkanes) is 1. The molecule has 1 aromatic heterocycles. The molecule has 5 amide bonds. The van der Waals surface area contributed by atoms with E-state index in [2.05, 4.69) is 31.2 Å². The molecule has 14 N–H and O–H groups in total. The fourth-order valence-electron chi connectivity index (χ4n) is 7.07. The van der Waals surface area contributed by atoms with Gasteiger partial charge in [0.1, 0.15) is 30.2 Å². The number of hydrogen-bond acceptors (Lipinski definition) is 9. The molecular formula is C40H65N11O7. The van der Waals surface area contributed by atoms with Crippen LogP contribution in [0.1, 0.15) is 91.5 Å². The number of carbonyl (C=O) groups excluding carboxylic acids is 5. The van der Waals surface area contributed by atoms with Gasteiger partial charge in [-0.15, -0.1) is 0 Å². The average molecular weight is 812 g/mol. The van der Waals surface area contributed by atoms with Gasteiger partial charge in [0.25, 0.3) is 0 Å². The summed E-state index contributed by atoms with van der Waals surface area (Å²) in [6.07, 6.45) is 4.99. The summed E-state index contributed by atoms with van der Waals surface area (Å²) < 4.78 is 0. The topological polar surface area (TPSA) is 306 Å². The number of nitrogens with one attached hydrogen (secondary N) is 5. The van der Waals surface area contributed by atoms with Crippen LogP contribution in [0.15, 0.2) is 35.5 Å². The van der Waals surface area contributed by atoms with Crippen molar-refractivity contribution in [3.05, 3.63) is 36.0 Å². The van der Waals surface area contributed by atoms with Gasteiger partial charge in [0.2, 0.25) is 29.5 Å². The Morgan fingerprint density at radius 3 is 2.26 bits per heavy atom. The molecular weight excluding hydrogens is 747 g/mol. The Balaban J connectivity index is 1.91. The average Bonchev–Trinajstić information content (AvgIpc) is 3.84. The molecule has 1 aliphatic heterocycles. The number of likely N-dealkylation sites (tertiary alicyclic amines) is 1. The maximum absolute atomic E-state index is 14.3. The third-order valence-electron chi connectivity index (χ3n) is 10.2. The zero-order valence-electron chi connectivity index (χ0n) is 34.5. The minimum atomic E-state index is -1.21. The number of carboxylic acid groups (broad SMARTS) is 1. The highest BCUT2D eigenvalue weighted by Gasteiger charge is 2.41. The van der Waals surface area contributed by atoms with Gasteiger partial charge >= 0.3 is 5.97 Å². The minimum absolute atomic E-state index is 0.0258. The van der Waals surface area contributed by atoms with Crippen LogP contribution in [-0.4, -0.2) is 112 Å². The van der Waals surface area contributed by atoms with Crippen molar-refractivity contribution in [3.63, 3.8) is 0 Å². The number of rotatable bonds is 22. The van der Waals surface area contributed by atoms with Gasteiger partial charge in [-0.05, 0) is 80.5 Å². The number of fused-ring (bicyclic) bond motifs is 1. The van der Waals surface area contributed by atoms with Crippen molar-refractivity contribution in [2.24, 2.45) is 39.3 Å². The van der Waals surface area contributed by atoms with E-state index in [0.29, 0.717) is 45.1 Å². The predicted molar refractivity (Wildman–Crippen MR) is 222 cm³/mol. The molecule has 18 nitrogen and oxygen atoms in total. The first-order chi connectivity index (χ1) is 27.3. The Labute approximate surface area is 340 Å². The molecule has 1 aliphatic rings. The SMILES string of the molecule is CC(C)C[C@H](NC(=O)[C@@H](NC(=O)[C@H](Cc1cccc2[nH]ccc12)NC(=O)[C@@H]1CCCN1C(=O)[C@H](CCCN=C(N)N)NC(=O)[C@H](N)CCCCN)C(C)(C)C)C(=O)O. The molecule has 2 heterocycles. The third-order valence-corrected chi connectivity index (χ3v) is 10.2. The summed E-state index contributed by atoms with van der Waals surface area (Å²) in [5.74, 6) is -4.25. The number of amides is 5. The normalized spacial score (nSPS) is 16.8. The van der Waals surface area contributed by atoms with Crippen LogP contribution in [0.2, 0.25) is 0 Å². The first-order valence-electron chi connectivity index (χ1n) is 20.1. The fourth-order valence-corrected chi connectivity index (χ4v) is 7.07. The number of hydrogen-bond donors (Lipinski definition) is 10. The molecule has 1 aromatic carbocycles. The van der Waals surface area contributed by atoms with E-state index in [9.17, 15) is 33.9 Å². The molecule has 0 radical (unpaired) electrons. The number of benzene rings is 1. The first-order valence-corrected chi connectivity index (χ1v) is 20.1. The number of nitrogens with zero attached hydrogens (tertiary/aromatic N) is 2. The maximum atomic E-state index is 14.3. The quantitative estimate of drug-likeness (QED) is 0.0439. The molecule has 0 aliphatic carbocycles. The van der Waals surface area contributed by atoms with E-state index in [1.54, 1.807) is 27.0 Å². The van der Waals surface area contributed by atoms with Gasteiger partial charge in [-0.2, -0.15) is 0 Å². The number of carbonyl (C=O) groups is 6. The van der Waals surface area contributed by atoms with Crippen LogP contribution in [-0.2, 0) is 35.2 Å². The van der Waals surface area contributed by atoms with Crippen LogP contribution in [0, 0.1) is 11.3 Å². The van der Waals surface area contributed by atoms with Crippen molar-refractivity contribution in [2.75, 3.05) is 19.6 Å². The van der Waals surface area contributed by atoms with E-state index in [4.69, 9.17) is 22.9 Å². The van der Waals surface area contributed by atoms with E-state index >= 15 is 0 Å². The summed E-state index contributed by atoms with van der Waals surface area (Å²) in [4.78, 5) is 90.2. The molecule has 1 saturated heterocycles. The fraction of sp³-hybridized carbons (Fsp3) is 0.625. The second kappa shape index (κ2) is 22.1. The highest BCUT2D eigenvalue weighted by atomic mass is 16.4. The van der Waals surface area contributed by atoms with E-state index in [1.807, 2.05) is 38.1 Å². The van der Waals surface area contributed by atoms with Crippen molar-refractivity contribution >= 4 is 52.4 Å². The van der Waals surface area contributed by atoms with Crippen molar-refractivity contribution in [2.45, 2.75) is 129 Å². The monoisotopic (exact) mass is 812 g/mol. The summed E-state index contributed by atoms with van der Waals surface area (Å²) in [6, 6.07) is 0.955. The van der Waals surface area contributed by atoms with Crippen LogP contribution < -0.4 is 44.2 Å². The number of aliphatic carboxylic acids is 1. The molecule has 3 rings (SSSR count). The molecule has 0 unspecified atom stereocenters. The maximum Gasteiger partial charge on any atom is 0.326 e. The summed E-state index contributed by atoms with van der Waals surface area (Å²) in [7, 11) is 0. The van der Waals surface area contributed by atoms with Crippen LogP contribution >= 0.6 is 0 Å². The highest BCUT2D eigenvalue weighted by Crippen LogP contribution is 2.24. The Bertz CT molecular complexity index is 1750. The smallest absolute Gasteiger partial charge is 0.326 e. The van der Waals surface area contributed by atoms with Crippen molar-refractivity contribution in [3.8, 4) is 0 Å². The van der Waals surface area contributed by atoms with Crippen molar-refractivity contribution in [1.29, 1.82) is 0 Å². The molecule has 58 heavy (non-hydrogen) atoms. The summed E-state index contributed by atoms with van der Waals surface area (Å²) in [6.45, 7) is 9.81. The number of aliphatic imine (C=N–C) groups is 1. The molecule has 0 spiro atoms. The molecule has 0 saturated carbocycles. The second-order valence-corrected chi connectivity index (χ2v) is 16.5. The standard InChI is InChI=1S/C40H65N11O7/c1-23(2)21-30(38(57)58)49-36(55)32(40(3,4)5)50-34(53)29(22-24-11-8-13-27-25(24)16-19-45-27)48-35(54)31-15-10-20-51(31)37(56)28(14-9-18-46-39(43)44)47-33(52)26(42)12-6-7-17-41/h8,11,13,16,19,23,26,28-32,45H,6-7,9-10,12,14-15,17-18,20-22,41-42H2,1-5H3,(H,47,52)(H,48,54)(H,49,55)(H,50,53)(H,57,58)(H4,43,44,46)/t26-,28+,29+,30+,31+,32-/m1/s1. The molecule has 322 valence electrons.